The van der Waals surface area contributed by atoms with E-state index in [2.05, 4.69) is 12.2 Å². The lowest BCUT2D eigenvalue weighted by Crippen LogP contribution is -2.38. The number of para-hydroxylation sites is 2. The third-order valence-corrected chi connectivity index (χ3v) is 7.94. The zero-order valence-corrected chi connectivity index (χ0v) is 19.5. The first-order valence-electron chi connectivity index (χ1n) is 10.9. The maximum atomic E-state index is 13.5. The number of nitrogens with one attached hydrogen (secondary N) is 1. The second-order valence-electron chi connectivity index (χ2n) is 8.31. The van der Waals surface area contributed by atoms with Gasteiger partial charge in [0.05, 0.1) is 12.8 Å². The van der Waals surface area contributed by atoms with Crippen LogP contribution in [-0.4, -0.2) is 43.4 Å². The number of ether oxygens (including phenoxy) is 1. The van der Waals surface area contributed by atoms with Gasteiger partial charge in [0.2, 0.25) is 15.9 Å². The Labute approximate surface area is 192 Å². The number of benzene rings is 2. The topological polar surface area (TPSA) is 97.7 Å². The number of methoxy groups -OCH3 is 1. The van der Waals surface area contributed by atoms with Crippen LogP contribution in [0.15, 0.2) is 64.4 Å². The molecule has 0 radical (unpaired) electrons. The van der Waals surface area contributed by atoms with Crippen molar-refractivity contribution in [3.05, 3.63) is 65.1 Å². The van der Waals surface area contributed by atoms with Crippen LogP contribution in [0.5, 0.6) is 5.75 Å². The van der Waals surface area contributed by atoms with E-state index >= 15 is 0 Å². The van der Waals surface area contributed by atoms with Crippen molar-refractivity contribution in [3.63, 3.8) is 0 Å². The molecule has 0 bridgehead atoms. The summed E-state index contributed by atoms with van der Waals surface area (Å²) in [4.78, 5) is 25.9. The van der Waals surface area contributed by atoms with Crippen LogP contribution >= 0.6 is 0 Å². The summed E-state index contributed by atoms with van der Waals surface area (Å²) in [5.74, 6) is 0.493. The van der Waals surface area contributed by atoms with Crippen molar-refractivity contribution in [1.29, 1.82) is 0 Å². The summed E-state index contributed by atoms with van der Waals surface area (Å²) in [6.07, 6.45) is 2.87. The van der Waals surface area contributed by atoms with Crippen LogP contribution < -0.4 is 15.6 Å². The minimum atomic E-state index is -3.83. The second kappa shape index (κ2) is 9.36. The predicted molar refractivity (Wildman–Crippen MR) is 127 cm³/mol. The molecule has 174 valence electrons. The molecule has 33 heavy (non-hydrogen) atoms. The molecule has 1 aliphatic heterocycles. The van der Waals surface area contributed by atoms with Crippen LogP contribution in [0, 0.1) is 5.92 Å². The number of anilines is 1. The number of sulfonamides is 1. The van der Waals surface area contributed by atoms with Crippen molar-refractivity contribution < 1.29 is 17.9 Å². The highest BCUT2D eigenvalue weighted by Crippen LogP contribution is 2.28. The molecular weight excluding hydrogens is 442 g/mol. The quantitative estimate of drug-likeness (QED) is 0.598. The smallest absolute Gasteiger partial charge is 0.258 e. The van der Waals surface area contributed by atoms with E-state index in [1.54, 1.807) is 48.5 Å². The molecule has 1 N–H and O–H groups in total. The average molecular weight is 470 g/mol. The number of aromatic nitrogens is 1. The summed E-state index contributed by atoms with van der Waals surface area (Å²) >= 11 is 0. The molecule has 1 saturated heterocycles. The van der Waals surface area contributed by atoms with Crippen LogP contribution in [0.3, 0.4) is 0 Å². The monoisotopic (exact) mass is 469 g/mol. The van der Waals surface area contributed by atoms with Gasteiger partial charge in [-0.25, -0.2) is 8.42 Å². The Morgan fingerprint density at radius 2 is 1.70 bits per heavy atom. The van der Waals surface area contributed by atoms with E-state index in [1.165, 1.54) is 17.6 Å². The molecule has 1 fully saturated rings. The van der Waals surface area contributed by atoms with Gasteiger partial charge in [0.25, 0.3) is 5.56 Å². The van der Waals surface area contributed by atoms with Crippen molar-refractivity contribution in [1.82, 2.24) is 8.87 Å². The second-order valence-corrected chi connectivity index (χ2v) is 10.2. The molecule has 0 unspecified atom stereocenters. The van der Waals surface area contributed by atoms with E-state index in [9.17, 15) is 18.0 Å². The number of hydrogen-bond donors (Lipinski definition) is 1. The number of amides is 1. The maximum absolute atomic E-state index is 13.5. The fraction of sp³-hybridized carbons (Fsp3) is 0.333. The van der Waals surface area contributed by atoms with Crippen molar-refractivity contribution in [3.8, 4) is 5.75 Å². The summed E-state index contributed by atoms with van der Waals surface area (Å²) in [5, 5.41) is 3.35. The minimum Gasteiger partial charge on any atom is -0.495 e. The van der Waals surface area contributed by atoms with E-state index in [4.69, 9.17) is 4.74 Å². The Hall–Kier alpha value is -3.17. The molecule has 0 saturated carbocycles. The first-order valence-corrected chi connectivity index (χ1v) is 12.3. The third kappa shape index (κ3) is 4.65. The van der Waals surface area contributed by atoms with Crippen molar-refractivity contribution in [2.45, 2.75) is 31.2 Å². The molecule has 1 aliphatic rings. The van der Waals surface area contributed by atoms with Gasteiger partial charge < -0.3 is 14.6 Å². The molecule has 1 aromatic heterocycles. The summed E-state index contributed by atoms with van der Waals surface area (Å²) in [7, 11) is -2.34. The number of carbonyl (C=O) groups is 1. The Kier molecular flexibility index (Phi) is 6.53. The fourth-order valence-corrected chi connectivity index (χ4v) is 5.77. The van der Waals surface area contributed by atoms with Gasteiger partial charge in [-0.3, -0.25) is 9.59 Å². The third-order valence-electron chi connectivity index (χ3n) is 6.01. The lowest BCUT2D eigenvalue weighted by Gasteiger charge is -2.30. The van der Waals surface area contributed by atoms with Crippen LogP contribution in [0.25, 0.3) is 10.8 Å². The molecule has 3 aromatic rings. The number of piperidine rings is 1. The molecule has 1 amide bonds. The van der Waals surface area contributed by atoms with Gasteiger partial charge in [-0.1, -0.05) is 37.3 Å². The molecule has 9 heteroatoms. The molecule has 0 atom stereocenters. The Balaban J connectivity index is 1.72. The molecule has 0 aliphatic carbocycles. The number of fused-ring (bicyclic) bond motifs is 1. The van der Waals surface area contributed by atoms with Crippen LogP contribution in [0.4, 0.5) is 5.69 Å². The van der Waals surface area contributed by atoms with Crippen LogP contribution in [-0.2, 0) is 21.4 Å². The summed E-state index contributed by atoms with van der Waals surface area (Å²) in [6.45, 7) is 2.65. The van der Waals surface area contributed by atoms with E-state index in [-0.39, 0.29) is 16.8 Å². The molecular formula is C24H27N3O5S. The summed E-state index contributed by atoms with van der Waals surface area (Å²) in [5.41, 5.74) is 0.0427. The highest BCUT2D eigenvalue weighted by molar-refractivity contribution is 7.89. The Bertz CT molecular complexity index is 1340. The van der Waals surface area contributed by atoms with Gasteiger partial charge in [-0.2, -0.15) is 4.31 Å². The first-order chi connectivity index (χ1) is 15.8. The number of carbonyl (C=O) groups excluding carboxylic acids is 1. The van der Waals surface area contributed by atoms with E-state index in [0.717, 1.165) is 17.4 Å². The Morgan fingerprint density at radius 3 is 2.39 bits per heavy atom. The first kappa shape index (κ1) is 23.0. The maximum Gasteiger partial charge on any atom is 0.258 e. The van der Waals surface area contributed by atoms with Gasteiger partial charge in [0.1, 0.15) is 17.2 Å². The van der Waals surface area contributed by atoms with Crippen LogP contribution in [0.2, 0.25) is 0 Å². The zero-order valence-electron chi connectivity index (χ0n) is 18.7. The Morgan fingerprint density at radius 1 is 1.06 bits per heavy atom. The van der Waals surface area contributed by atoms with Crippen molar-refractivity contribution >= 4 is 32.4 Å². The summed E-state index contributed by atoms with van der Waals surface area (Å²) < 4.78 is 34.9. The van der Waals surface area contributed by atoms with E-state index in [1.807, 2.05) is 0 Å². The number of hydrogen-bond acceptors (Lipinski definition) is 5. The molecule has 2 heterocycles. The number of nitrogens with zero attached hydrogens (tertiary/aromatic N) is 2. The van der Waals surface area contributed by atoms with Gasteiger partial charge in [0.15, 0.2) is 0 Å². The zero-order chi connectivity index (χ0) is 23.6. The lowest BCUT2D eigenvalue weighted by molar-refractivity contribution is -0.116. The molecule has 0 spiro atoms. The van der Waals surface area contributed by atoms with Crippen molar-refractivity contribution in [2.75, 3.05) is 25.5 Å². The normalized spacial score (nSPS) is 15.5. The molecule has 8 nitrogen and oxygen atoms in total. The number of pyridine rings is 1. The standard InChI is InChI=1S/C24H27N3O5S/c1-17-11-13-27(14-12-17)33(30,31)22-15-26(24(29)19-8-4-3-7-18(19)22)16-23(28)25-20-9-5-6-10-21(20)32-2/h3-10,15,17H,11-14,16H2,1-2H3,(H,25,28). The fourth-order valence-electron chi connectivity index (χ4n) is 4.09. The molecule has 2 aromatic carbocycles. The molecule has 4 rings (SSSR count). The van der Waals surface area contributed by atoms with E-state index < -0.39 is 21.5 Å². The van der Waals surface area contributed by atoms with Gasteiger partial charge >= 0.3 is 0 Å². The lowest BCUT2D eigenvalue weighted by atomic mass is 10.0. The SMILES string of the molecule is COc1ccccc1NC(=O)Cn1cc(S(=O)(=O)N2CCC(C)CC2)c2ccccc2c1=O. The highest BCUT2D eigenvalue weighted by Gasteiger charge is 2.30. The predicted octanol–water partition coefficient (Wildman–Crippen LogP) is 3.07. The van der Waals surface area contributed by atoms with Gasteiger partial charge in [0, 0.05) is 30.1 Å². The van der Waals surface area contributed by atoms with Gasteiger partial charge in [-0.05, 0) is 37.0 Å². The highest BCUT2D eigenvalue weighted by atomic mass is 32.2. The average Bonchev–Trinajstić information content (AvgIpc) is 2.81. The van der Waals surface area contributed by atoms with Crippen LogP contribution in [0.1, 0.15) is 19.8 Å². The van der Waals surface area contributed by atoms with Crippen molar-refractivity contribution in [2.24, 2.45) is 5.92 Å². The number of rotatable bonds is 6. The summed E-state index contributed by atoms with van der Waals surface area (Å²) in [6, 6.07) is 13.5. The minimum absolute atomic E-state index is 0.0392. The largest absolute Gasteiger partial charge is 0.495 e. The van der Waals surface area contributed by atoms with E-state index in [0.29, 0.717) is 35.8 Å². The van der Waals surface area contributed by atoms with Gasteiger partial charge in [-0.15, -0.1) is 0 Å².